The van der Waals surface area contributed by atoms with Crippen molar-refractivity contribution in [2.45, 2.75) is 93.4 Å². The molecule has 0 atom stereocenters. The Morgan fingerprint density at radius 1 is 0.815 bits per heavy atom. The number of hydrogen-bond donors (Lipinski definition) is 0. The summed E-state index contributed by atoms with van der Waals surface area (Å²) in [5.41, 5.74) is 5.64. The summed E-state index contributed by atoms with van der Waals surface area (Å²) in [5.74, 6) is 0.560. The average Bonchev–Trinajstić information content (AvgIpc) is 2.44. The van der Waals surface area contributed by atoms with E-state index >= 15 is 0 Å². The number of benzene rings is 2. The lowest BCUT2D eigenvalue weighted by atomic mass is 9.48. The third kappa shape index (κ3) is 3.57. The van der Waals surface area contributed by atoms with E-state index in [0.717, 1.165) is 0 Å². The number of hydrogen-bond acceptors (Lipinski definition) is 0. The van der Waals surface area contributed by atoms with Crippen LogP contribution in [0.25, 0.3) is 10.8 Å². The van der Waals surface area contributed by atoms with E-state index in [9.17, 15) is 0 Å². The van der Waals surface area contributed by atoms with Crippen LogP contribution in [0, 0.1) is 23.2 Å². The normalized spacial score (nSPS) is 22.1. The van der Waals surface area contributed by atoms with Crippen LogP contribution >= 0.6 is 0 Å². The minimum absolute atomic E-state index is 0.158. The van der Waals surface area contributed by atoms with Crippen LogP contribution < -0.4 is 0 Å². The smallest absolute Gasteiger partial charge is 0.00526 e. The molecular weight excluding hydrogens is 324 g/mol. The number of fused-ring (bicyclic) bond motifs is 1. The second-order valence-electron chi connectivity index (χ2n) is 12.4. The molecule has 0 amide bonds. The third-order valence-electron chi connectivity index (χ3n) is 6.90. The van der Waals surface area contributed by atoms with E-state index in [1.165, 1.54) is 34.7 Å². The Bertz CT molecular complexity index is 835. The monoisotopic (exact) mass is 364 g/mol. The van der Waals surface area contributed by atoms with Crippen molar-refractivity contribution in [1.82, 2.24) is 0 Å². The van der Waals surface area contributed by atoms with Gasteiger partial charge in [0.15, 0.2) is 0 Å². The first-order valence-corrected chi connectivity index (χ1v) is 10.7. The van der Waals surface area contributed by atoms with Crippen LogP contribution in [0.4, 0.5) is 0 Å². The Morgan fingerprint density at radius 2 is 1.30 bits per heavy atom. The summed E-state index contributed by atoms with van der Waals surface area (Å²) in [6, 6.07) is 11.7. The summed E-state index contributed by atoms with van der Waals surface area (Å²) in [4.78, 5) is 0. The Kier molecular flexibility index (Phi) is 4.61. The van der Waals surface area contributed by atoms with Gasteiger partial charge in [0.1, 0.15) is 0 Å². The molecule has 148 valence electrons. The summed E-state index contributed by atoms with van der Waals surface area (Å²) >= 11 is 0. The molecule has 0 N–H and O–H groups in total. The molecule has 0 unspecified atom stereocenters. The van der Waals surface area contributed by atoms with Gasteiger partial charge in [-0.15, -0.1) is 0 Å². The van der Waals surface area contributed by atoms with Crippen molar-refractivity contribution in [2.24, 2.45) is 16.2 Å². The molecule has 3 rings (SSSR count). The second kappa shape index (κ2) is 6.10. The molecule has 0 aliphatic heterocycles. The van der Waals surface area contributed by atoms with Crippen LogP contribution in [0.3, 0.4) is 0 Å². The Morgan fingerprint density at radius 3 is 1.78 bits per heavy atom. The maximum Gasteiger partial charge on any atom is -0.00526 e. The first-order chi connectivity index (χ1) is 12.2. The highest BCUT2D eigenvalue weighted by molar-refractivity contribution is 5.90. The topological polar surface area (TPSA) is 0 Å². The predicted molar refractivity (Wildman–Crippen MR) is 121 cm³/mol. The van der Waals surface area contributed by atoms with Crippen LogP contribution in [-0.2, 0) is 5.41 Å². The van der Waals surface area contributed by atoms with E-state index in [-0.39, 0.29) is 16.2 Å². The SMILES string of the molecule is Cc1c(C(C)(C)C)cc(C2C(C)(C)CC(C)(C)CC2(C)C)c2ccccc12. The minimum Gasteiger partial charge on any atom is -0.0616 e. The quantitative estimate of drug-likeness (QED) is 0.476. The highest BCUT2D eigenvalue weighted by atomic mass is 14.6. The molecule has 0 heterocycles. The van der Waals surface area contributed by atoms with Crippen molar-refractivity contribution < 1.29 is 0 Å². The van der Waals surface area contributed by atoms with Crippen molar-refractivity contribution in [3.8, 4) is 0 Å². The van der Waals surface area contributed by atoms with Crippen LogP contribution in [0.1, 0.15) is 97.8 Å². The maximum absolute atomic E-state index is 2.57. The van der Waals surface area contributed by atoms with E-state index in [2.05, 4.69) is 99.6 Å². The molecule has 0 radical (unpaired) electrons. The molecule has 0 nitrogen and oxygen atoms in total. The molecule has 2 aromatic rings. The van der Waals surface area contributed by atoms with Crippen LogP contribution in [0.2, 0.25) is 0 Å². The molecule has 0 spiro atoms. The van der Waals surface area contributed by atoms with Gasteiger partial charge in [-0.2, -0.15) is 0 Å². The third-order valence-corrected chi connectivity index (χ3v) is 6.90. The van der Waals surface area contributed by atoms with Gasteiger partial charge >= 0.3 is 0 Å². The minimum atomic E-state index is 0.158. The van der Waals surface area contributed by atoms with Gasteiger partial charge in [-0.05, 0) is 74.8 Å². The fourth-order valence-electron chi connectivity index (χ4n) is 7.20. The molecule has 27 heavy (non-hydrogen) atoms. The standard InChI is InChI=1S/C27H40/c1-18-19-13-11-12-14-20(19)21(15-22(18)24(2,3)4)23-26(7,8)16-25(5,6)17-27(23,9)10/h11-15,23H,16-17H2,1-10H3. The van der Waals surface area contributed by atoms with Gasteiger partial charge in [0, 0.05) is 0 Å². The zero-order valence-electron chi connectivity index (χ0n) is 19.4. The lowest BCUT2D eigenvalue weighted by molar-refractivity contribution is -0.00897. The van der Waals surface area contributed by atoms with Crippen molar-refractivity contribution in [1.29, 1.82) is 0 Å². The molecule has 0 bridgehead atoms. The predicted octanol–water partition coefficient (Wildman–Crippen LogP) is 8.40. The first kappa shape index (κ1) is 20.4. The van der Waals surface area contributed by atoms with Crippen LogP contribution in [-0.4, -0.2) is 0 Å². The average molecular weight is 365 g/mol. The van der Waals surface area contributed by atoms with Gasteiger partial charge in [0.05, 0.1) is 0 Å². The Balaban J connectivity index is 2.35. The molecule has 0 heteroatoms. The van der Waals surface area contributed by atoms with Crippen molar-refractivity contribution in [3.05, 3.63) is 47.0 Å². The van der Waals surface area contributed by atoms with E-state index in [0.29, 0.717) is 11.3 Å². The van der Waals surface area contributed by atoms with E-state index < -0.39 is 0 Å². The van der Waals surface area contributed by atoms with E-state index in [4.69, 9.17) is 0 Å². The highest BCUT2D eigenvalue weighted by Crippen LogP contribution is 2.62. The van der Waals surface area contributed by atoms with Gasteiger partial charge < -0.3 is 0 Å². The molecule has 0 saturated heterocycles. The number of aryl methyl sites for hydroxylation is 1. The van der Waals surface area contributed by atoms with Crippen molar-refractivity contribution in [2.75, 3.05) is 0 Å². The van der Waals surface area contributed by atoms with Gasteiger partial charge in [0.25, 0.3) is 0 Å². The molecule has 1 saturated carbocycles. The zero-order valence-corrected chi connectivity index (χ0v) is 19.4. The molecule has 1 aliphatic carbocycles. The Labute approximate surface area is 167 Å². The molecule has 2 aromatic carbocycles. The maximum atomic E-state index is 2.57. The summed E-state index contributed by atoms with van der Waals surface area (Å²) in [6.07, 6.45) is 2.56. The largest absolute Gasteiger partial charge is 0.0616 e. The number of rotatable bonds is 1. The summed E-state index contributed by atoms with van der Waals surface area (Å²) < 4.78 is 0. The van der Waals surface area contributed by atoms with Gasteiger partial charge in [-0.3, -0.25) is 0 Å². The van der Waals surface area contributed by atoms with E-state index in [1.807, 2.05) is 0 Å². The van der Waals surface area contributed by atoms with Gasteiger partial charge in [-0.1, -0.05) is 92.6 Å². The van der Waals surface area contributed by atoms with Crippen LogP contribution in [0.5, 0.6) is 0 Å². The van der Waals surface area contributed by atoms with Crippen molar-refractivity contribution >= 4 is 10.8 Å². The molecule has 1 fully saturated rings. The zero-order chi connectivity index (χ0) is 20.4. The first-order valence-electron chi connectivity index (χ1n) is 10.7. The van der Waals surface area contributed by atoms with Crippen LogP contribution in [0.15, 0.2) is 30.3 Å². The molecule has 1 aliphatic rings. The lowest BCUT2D eigenvalue weighted by Crippen LogP contribution is -2.45. The fourth-order valence-corrected chi connectivity index (χ4v) is 7.20. The summed E-state index contributed by atoms with van der Waals surface area (Å²) in [6.45, 7) is 24.3. The van der Waals surface area contributed by atoms with Gasteiger partial charge in [0.2, 0.25) is 0 Å². The lowest BCUT2D eigenvalue weighted by Gasteiger charge is -2.56. The summed E-state index contributed by atoms with van der Waals surface area (Å²) in [7, 11) is 0. The Hall–Kier alpha value is -1.30. The van der Waals surface area contributed by atoms with E-state index in [1.54, 1.807) is 5.56 Å². The second-order valence-corrected chi connectivity index (χ2v) is 12.4. The molecule has 0 aromatic heterocycles. The van der Waals surface area contributed by atoms with Crippen molar-refractivity contribution in [3.63, 3.8) is 0 Å². The van der Waals surface area contributed by atoms with Gasteiger partial charge in [-0.25, -0.2) is 0 Å². The molecular formula is C27H40. The summed E-state index contributed by atoms with van der Waals surface area (Å²) in [5, 5.41) is 2.91. The fraction of sp³-hybridized carbons (Fsp3) is 0.630. The highest BCUT2D eigenvalue weighted by Gasteiger charge is 2.51.